The van der Waals surface area contributed by atoms with Gasteiger partial charge in [-0.05, 0) is 18.9 Å². The van der Waals surface area contributed by atoms with Crippen molar-refractivity contribution in [2.75, 3.05) is 18.0 Å². The largest absolute Gasteiger partial charge is 0.408 e. The van der Waals surface area contributed by atoms with Gasteiger partial charge in [0.05, 0.1) is 6.07 Å². The molecule has 0 saturated carbocycles. The molecule has 0 atom stereocenters. The van der Waals surface area contributed by atoms with Crippen molar-refractivity contribution in [3.8, 4) is 6.07 Å². The van der Waals surface area contributed by atoms with Crippen molar-refractivity contribution < 1.29 is 26.3 Å². The van der Waals surface area contributed by atoms with E-state index in [2.05, 4.69) is 15.0 Å². The third kappa shape index (κ3) is 8.50. The summed E-state index contributed by atoms with van der Waals surface area (Å²) in [5.41, 5.74) is 5.33. The quantitative estimate of drug-likeness (QED) is 0.339. The highest BCUT2D eigenvalue weighted by atomic mass is 19.4. The molecule has 0 aliphatic carbocycles. The number of hydrogen-bond acceptors (Lipinski definition) is 4. The summed E-state index contributed by atoms with van der Waals surface area (Å²) in [4.78, 5) is 11.1. The fourth-order valence-electron chi connectivity index (χ4n) is 1.86. The maximum Gasteiger partial charge on any atom is 0.408 e. The van der Waals surface area contributed by atoms with Gasteiger partial charge in [-0.2, -0.15) is 31.6 Å². The van der Waals surface area contributed by atoms with E-state index >= 15 is 0 Å². The predicted molar refractivity (Wildman–Crippen MR) is 81.1 cm³/mol. The average Bonchev–Trinajstić information content (AvgIpc) is 2.53. The predicted octanol–water partition coefficient (Wildman–Crippen LogP) is 2.96. The summed E-state index contributed by atoms with van der Waals surface area (Å²) in [6, 6.07) is 3.05. The molecule has 0 aromatic carbocycles. The molecule has 0 aliphatic rings. The number of anilines is 1. The number of halogens is 6. The van der Waals surface area contributed by atoms with Gasteiger partial charge in [-0.1, -0.05) is 0 Å². The van der Waals surface area contributed by atoms with E-state index in [-0.39, 0.29) is 11.6 Å². The van der Waals surface area contributed by atoms with Gasteiger partial charge in [-0.15, -0.1) is 0 Å². The van der Waals surface area contributed by atoms with Gasteiger partial charge in [0.25, 0.3) is 0 Å². The molecule has 144 valence electrons. The first-order chi connectivity index (χ1) is 12.0. The third-order valence-corrected chi connectivity index (χ3v) is 2.94. The number of nitrogens with zero attached hydrogens (tertiary/aromatic N) is 5. The Kier molecular flexibility index (Phi) is 7.60. The van der Waals surface area contributed by atoms with Crippen LogP contribution in [0.2, 0.25) is 0 Å². The Balaban J connectivity index is 3.01. The number of alkyl halides is 6. The molecule has 0 amide bonds. The van der Waals surface area contributed by atoms with E-state index in [1.807, 2.05) is 6.07 Å². The summed E-state index contributed by atoms with van der Waals surface area (Å²) in [7, 11) is 0. The monoisotopic (exact) mass is 382 g/mol. The number of aryl methyl sites for hydroxylation is 1. The van der Waals surface area contributed by atoms with Crippen LogP contribution in [-0.2, 0) is 6.42 Å². The zero-order chi connectivity index (χ0) is 19.8. The number of unbranched alkanes of at least 4 members (excludes halogenated alkanes) is 2. The van der Waals surface area contributed by atoms with E-state index < -0.39 is 31.4 Å². The van der Waals surface area contributed by atoms with Crippen molar-refractivity contribution in [1.82, 2.24) is 9.97 Å². The molecule has 0 spiro atoms. The molecule has 1 rings (SSSR count). The SMILES string of the molecule is N#CCCCCc1nccc(N(CC(F)(F)F)C(N)=NCC(F)(F)F)n1. The number of nitrogens with two attached hydrogens (primary N) is 1. The summed E-state index contributed by atoms with van der Waals surface area (Å²) in [6.45, 7) is -3.36. The number of aromatic nitrogens is 2. The van der Waals surface area contributed by atoms with Crippen LogP contribution >= 0.6 is 0 Å². The second kappa shape index (κ2) is 9.21. The molecule has 1 heterocycles. The van der Waals surface area contributed by atoms with Gasteiger partial charge in [0, 0.05) is 19.0 Å². The highest BCUT2D eigenvalue weighted by Gasteiger charge is 2.34. The lowest BCUT2D eigenvalue weighted by Crippen LogP contribution is -2.44. The van der Waals surface area contributed by atoms with Crippen LogP contribution < -0.4 is 10.6 Å². The first-order valence-corrected chi connectivity index (χ1v) is 7.41. The molecule has 0 fully saturated rings. The number of aliphatic imine (C=N–C) groups is 1. The molecule has 0 unspecified atom stereocenters. The maximum atomic E-state index is 12.8. The van der Waals surface area contributed by atoms with Crippen LogP contribution in [0.4, 0.5) is 32.2 Å². The molecular formula is C14H16F6N6. The fourth-order valence-corrected chi connectivity index (χ4v) is 1.86. The molecule has 0 aliphatic heterocycles. The van der Waals surface area contributed by atoms with Crippen LogP contribution in [0.3, 0.4) is 0 Å². The van der Waals surface area contributed by atoms with Gasteiger partial charge >= 0.3 is 12.4 Å². The Labute approximate surface area is 145 Å². The normalized spacial score (nSPS) is 12.7. The minimum Gasteiger partial charge on any atom is -0.369 e. The zero-order valence-electron chi connectivity index (χ0n) is 13.5. The molecule has 0 bridgehead atoms. The van der Waals surface area contributed by atoms with Crippen molar-refractivity contribution in [2.45, 2.75) is 38.0 Å². The van der Waals surface area contributed by atoms with E-state index in [4.69, 9.17) is 11.0 Å². The average molecular weight is 382 g/mol. The fraction of sp³-hybridized carbons (Fsp3) is 0.571. The topological polar surface area (TPSA) is 91.2 Å². The third-order valence-electron chi connectivity index (χ3n) is 2.94. The van der Waals surface area contributed by atoms with E-state index in [1.54, 1.807) is 0 Å². The van der Waals surface area contributed by atoms with E-state index in [0.717, 1.165) is 6.07 Å². The van der Waals surface area contributed by atoms with Gasteiger partial charge in [-0.25, -0.2) is 15.0 Å². The van der Waals surface area contributed by atoms with Crippen LogP contribution in [0.15, 0.2) is 17.3 Å². The van der Waals surface area contributed by atoms with Crippen molar-refractivity contribution >= 4 is 11.8 Å². The van der Waals surface area contributed by atoms with Crippen LogP contribution in [0.5, 0.6) is 0 Å². The first-order valence-electron chi connectivity index (χ1n) is 7.41. The Morgan fingerprint density at radius 3 is 2.46 bits per heavy atom. The van der Waals surface area contributed by atoms with Gasteiger partial charge in [0.1, 0.15) is 24.7 Å². The molecule has 6 nitrogen and oxygen atoms in total. The summed E-state index contributed by atoms with van der Waals surface area (Å²) < 4.78 is 75.0. The lowest BCUT2D eigenvalue weighted by molar-refractivity contribution is -0.118. The van der Waals surface area contributed by atoms with Crippen LogP contribution in [0.25, 0.3) is 0 Å². The maximum absolute atomic E-state index is 12.8. The van der Waals surface area contributed by atoms with E-state index in [1.165, 1.54) is 6.20 Å². The molecule has 12 heteroatoms. The highest BCUT2D eigenvalue weighted by Crippen LogP contribution is 2.21. The smallest absolute Gasteiger partial charge is 0.369 e. The van der Waals surface area contributed by atoms with Gasteiger partial charge in [0.15, 0.2) is 5.96 Å². The van der Waals surface area contributed by atoms with Crippen molar-refractivity contribution in [1.29, 1.82) is 5.26 Å². The Bertz CT molecular complexity index is 649. The zero-order valence-corrected chi connectivity index (χ0v) is 13.5. The van der Waals surface area contributed by atoms with E-state index in [0.29, 0.717) is 30.6 Å². The lowest BCUT2D eigenvalue weighted by Gasteiger charge is -2.24. The Hall–Kier alpha value is -2.58. The molecule has 1 aromatic rings. The minimum absolute atomic E-state index is 0.191. The number of hydrogen-bond donors (Lipinski definition) is 1. The highest BCUT2D eigenvalue weighted by molar-refractivity contribution is 5.94. The number of guanidine groups is 1. The van der Waals surface area contributed by atoms with Crippen LogP contribution in [0, 0.1) is 11.3 Å². The van der Waals surface area contributed by atoms with E-state index in [9.17, 15) is 26.3 Å². The van der Waals surface area contributed by atoms with Crippen LogP contribution in [-0.4, -0.2) is 41.4 Å². The summed E-state index contributed by atoms with van der Waals surface area (Å²) in [5, 5.41) is 8.46. The van der Waals surface area contributed by atoms with Crippen LogP contribution in [0.1, 0.15) is 25.1 Å². The van der Waals surface area contributed by atoms with Crippen molar-refractivity contribution in [3.63, 3.8) is 0 Å². The van der Waals surface area contributed by atoms with Gasteiger partial charge < -0.3 is 5.73 Å². The second-order valence-electron chi connectivity index (χ2n) is 5.19. The standard InChI is InChI=1S/C14H16F6N6/c15-13(16,17)8-24-12(22)26(9-14(18,19)20)11-5-7-23-10(25-11)4-2-1-3-6-21/h5,7H,1-4,8-9H2,(H2,22,24). The van der Waals surface area contributed by atoms with Crippen molar-refractivity contribution in [2.24, 2.45) is 10.7 Å². The molecule has 1 aromatic heterocycles. The number of rotatable bonds is 7. The molecule has 26 heavy (non-hydrogen) atoms. The molecule has 0 saturated heterocycles. The Morgan fingerprint density at radius 1 is 1.19 bits per heavy atom. The molecule has 0 radical (unpaired) electrons. The summed E-state index contributed by atoms with van der Waals surface area (Å²) >= 11 is 0. The summed E-state index contributed by atoms with van der Waals surface area (Å²) in [6.07, 6.45) is -6.55. The molecular weight excluding hydrogens is 366 g/mol. The van der Waals surface area contributed by atoms with Gasteiger partial charge in [0.2, 0.25) is 0 Å². The van der Waals surface area contributed by atoms with Gasteiger partial charge in [-0.3, -0.25) is 4.90 Å². The minimum atomic E-state index is -4.74. The lowest BCUT2D eigenvalue weighted by atomic mass is 10.2. The first kappa shape index (κ1) is 21.5. The number of nitriles is 1. The second-order valence-corrected chi connectivity index (χ2v) is 5.19. The summed E-state index contributed by atoms with van der Waals surface area (Å²) in [5.74, 6) is -1.07. The molecule has 2 N–H and O–H groups in total. The van der Waals surface area contributed by atoms with Crippen molar-refractivity contribution in [3.05, 3.63) is 18.1 Å². The Morgan fingerprint density at radius 2 is 1.88 bits per heavy atom.